The molecule has 0 unspecified atom stereocenters. The molecule has 2 aromatic heterocycles. The Morgan fingerprint density at radius 2 is 1.81 bits per heavy atom. The summed E-state index contributed by atoms with van der Waals surface area (Å²) in [6.07, 6.45) is 2.46. The number of fused-ring (bicyclic) bond motifs is 1. The predicted octanol–water partition coefficient (Wildman–Crippen LogP) is 3.22. The second kappa shape index (κ2) is 8.77. The van der Waals surface area contributed by atoms with Crippen molar-refractivity contribution >= 4 is 28.6 Å². The van der Waals surface area contributed by atoms with Gasteiger partial charge in [-0.3, -0.25) is 13.9 Å². The van der Waals surface area contributed by atoms with Gasteiger partial charge in [0.25, 0.3) is 0 Å². The molecule has 4 aromatic rings. The molecule has 0 amide bonds. The van der Waals surface area contributed by atoms with E-state index in [4.69, 9.17) is 0 Å². The first kappa shape index (κ1) is 20.9. The van der Waals surface area contributed by atoms with Crippen LogP contribution in [0.5, 0.6) is 0 Å². The maximum absolute atomic E-state index is 12.8. The van der Waals surface area contributed by atoms with Crippen LogP contribution in [0.3, 0.4) is 0 Å². The fraction of sp³-hybridized carbons (Fsp3) is 0.217. The summed E-state index contributed by atoms with van der Waals surface area (Å²) in [6, 6.07) is 15.4. The van der Waals surface area contributed by atoms with E-state index in [2.05, 4.69) is 28.9 Å². The summed E-state index contributed by atoms with van der Waals surface area (Å²) >= 11 is 1.36. The minimum Gasteiger partial charge on any atom is -0.302 e. The number of hydrogen-bond acceptors (Lipinski definition) is 5. The summed E-state index contributed by atoms with van der Waals surface area (Å²) in [4.78, 5) is 25.0. The smallest absolute Gasteiger partial charge is 0.302 e. The van der Waals surface area contributed by atoms with E-state index in [0.717, 1.165) is 22.4 Å². The number of hydrogen-bond donors (Lipinski definition) is 0. The Bertz CT molecular complexity index is 1320. The predicted molar refractivity (Wildman–Crippen MR) is 123 cm³/mol. The highest BCUT2D eigenvalue weighted by atomic mass is 32.2. The van der Waals surface area contributed by atoms with Crippen molar-refractivity contribution < 1.29 is 4.79 Å². The number of nitrogens with zero attached hydrogens (tertiary/aromatic N) is 5. The number of ketones is 1. The normalized spacial score (nSPS) is 11.2. The molecule has 0 aliphatic carbocycles. The van der Waals surface area contributed by atoms with E-state index >= 15 is 0 Å². The van der Waals surface area contributed by atoms with Crippen molar-refractivity contribution in [3.8, 4) is 0 Å². The Kier molecular flexibility index (Phi) is 5.90. The van der Waals surface area contributed by atoms with Gasteiger partial charge in [0.05, 0.1) is 16.8 Å². The number of aryl methyl sites for hydroxylation is 2. The molecule has 0 aliphatic rings. The summed E-state index contributed by atoms with van der Waals surface area (Å²) in [6.45, 7) is 4.40. The van der Waals surface area contributed by atoms with Gasteiger partial charge >= 0.3 is 5.69 Å². The van der Waals surface area contributed by atoms with Gasteiger partial charge in [0.15, 0.2) is 10.9 Å². The van der Waals surface area contributed by atoms with Gasteiger partial charge < -0.3 is 4.57 Å². The van der Waals surface area contributed by atoms with Crippen LogP contribution in [-0.2, 0) is 27.1 Å². The summed E-state index contributed by atoms with van der Waals surface area (Å²) in [5, 5.41) is 9.33. The zero-order chi connectivity index (χ0) is 22.0. The zero-order valence-electron chi connectivity index (χ0n) is 17.5. The molecule has 0 radical (unpaired) electrons. The van der Waals surface area contributed by atoms with Gasteiger partial charge in [-0.2, -0.15) is 0 Å². The zero-order valence-corrected chi connectivity index (χ0v) is 18.3. The molecule has 0 atom stereocenters. The van der Waals surface area contributed by atoms with Gasteiger partial charge in [-0.15, -0.1) is 16.8 Å². The maximum Gasteiger partial charge on any atom is 0.328 e. The van der Waals surface area contributed by atoms with Gasteiger partial charge in [0, 0.05) is 32.6 Å². The molecule has 0 aliphatic heterocycles. The van der Waals surface area contributed by atoms with Crippen molar-refractivity contribution in [3.05, 3.63) is 88.6 Å². The highest BCUT2D eigenvalue weighted by Gasteiger charge is 2.16. The van der Waals surface area contributed by atoms with Crippen LogP contribution >= 0.6 is 11.8 Å². The fourth-order valence-corrected chi connectivity index (χ4v) is 4.40. The number of rotatable bonds is 8. The van der Waals surface area contributed by atoms with E-state index in [1.807, 2.05) is 28.8 Å². The van der Waals surface area contributed by atoms with Crippen LogP contribution in [0.1, 0.15) is 21.7 Å². The van der Waals surface area contributed by atoms with Crippen LogP contribution < -0.4 is 5.69 Å². The number of imidazole rings is 1. The molecule has 0 fully saturated rings. The summed E-state index contributed by atoms with van der Waals surface area (Å²) in [5.74, 6) is 1.04. The first-order chi connectivity index (χ1) is 15.0. The molecular weight excluding hydrogens is 410 g/mol. The van der Waals surface area contributed by atoms with Crippen molar-refractivity contribution in [1.29, 1.82) is 0 Å². The van der Waals surface area contributed by atoms with E-state index in [1.165, 1.54) is 11.8 Å². The molecule has 2 heterocycles. The molecule has 0 saturated heterocycles. The lowest BCUT2D eigenvalue weighted by Crippen LogP contribution is -2.19. The molecular formula is C23H23N5O2S. The molecule has 0 N–H and O–H groups in total. The van der Waals surface area contributed by atoms with Crippen LogP contribution in [0.4, 0.5) is 0 Å². The van der Waals surface area contributed by atoms with E-state index in [9.17, 15) is 9.59 Å². The average molecular weight is 434 g/mol. The Hall–Kier alpha value is -3.39. The van der Waals surface area contributed by atoms with Crippen molar-refractivity contribution in [2.45, 2.75) is 18.1 Å². The molecule has 8 heteroatoms. The second-order valence-electron chi connectivity index (χ2n) is 7.28. The topological polar surface area (TPSA) is 74.7 Å². The molecule has 0 spiro atoms. The number of carbonyl (C=O) groups excluding carboxylic acids is 1. The minimum absolute atomic E-state index is 0.0269. The number of thioether (sulfide) groups is 1. The van der Waals surface area contributed by atoms with E-state index in [0.29, 0.717) is 23.7 Å². The van der Waals surface area contributed by atoms with Crippen LogP contribution in [-0.4, -0.2) is 35.4 Å². The molecule has 31 heavy (non-hydrogen) atoms. The highest BCUT2D eigenvalue weighted by Crippen LogP contribution is 2.22. The van der Waals surface area contributed by atoms with Gasteiger partial charge in [0.1, 0.15) is 5.82 Å². The van der Waals surface area contributed by atoms with Gasteiger partial charge in [0.2, 0.25) is 0 Å². The lowest BCUT2D eigenvalue weighted by molar-refractivity contribution is 0.102. The quantitative estimate of drug-likeness (QED) is 0.242. The third kappa shape index (κ3) is 4.11. The molecule has 2 aromatic carbocycles. The molecule has 7 nitrogen and oxygen atoms in total. The van der Waals surface area contributed by atoms with Crippen molar-refractivity contribution in [2.75, 3.05) is 5.75 Å². The number of aromatic nitrogens is 5. The second-order valence-corrected chi connectivity index (χ2v) is 8.22. The SMILES string of the molecule is C=CCn1c(Cc2ccccc2)nnc1SCC(=O)c1ccc2c(c1)n(C)c(=O)n2C. The number of allylic oxidation sites excluding steroid dienone is 1. The standard InChI is InChI=1S/C23H23N5O2S/c1-4-12-28-21(13-16-8-6-5-7-9-16)24-25-22(28)31-15-20(29)17-10-11-18-19(14-17)27(3)23(30)26(18)2/h4-11,14H,1,12-13,15H2,2-3H3. The summed E-state index contributed by atoms with van der Waals surface area (Å²) < 4.78 is 5.11. The van der Waals surface area contributed by atoms with Crippen LogP contribution in [0.2, 0.25) is 0 Å². The monoisotopic (exact) mass is 433 g/mol. The van der Waals surface area contributed by atoms with E-state index in [1.54, 1.807) is 41.4 Å². The van der Waals surface area contributed by atoms with Crippen molar-refractivity contribution in [3.63, 3.8) is 0 Å². The molecule has 158 valence electrons. The Balaban J connectivity index is 1.53. The molecule has 0 bridgehead atoms. The maximum atomic E-state index is 12.8. The lowest BCUT2D eigenvalue weighted by Gasteiger charge is -2.08. The summed E-state index contributed by atoms with van der Waals surface area (Å²) in [5.41, 5.74) is 3.14. The van der Waals surface area contributed by atoms with Gasteiger partial charge in [-0.05, 0) is 23.8 Å². The van der Waals surface area contributed by atoms with E-state index in [-0.39, 0.29) is 17.2 Å². The fourth-order valence-electron chi connectivity index (χ4n) is 3.54. The number of Topliss-reactive ketones (excluding diaryl/α,β-unsaturated/α-hetero) is 1. The van der Waals surface area contributed by atoms with Gasteiger partial charge in [-0.1, -0.05) is 48.2 Å². The minimum atomic E-state index is -0.113. The molecule has 0 saturated carbocycles. The van der Waals surface area contributed by atoms with Crippen LogP contribution in [0.25, 0.3) is 11.0 Å². The Morgan fingerprint density at radius 3 is 2.55 bits per heavy atom. The first-order valence-electron chi connectivity index (χ1n) is 9.88. The average Bonchev–Trinajstić information content (AvgIpc) is 3.26. The Labute approximate surface area is 184 Å². The van der Waals surface area contributed by atoms with Crippen LogP contribution in [0, 0.1) is 0 Å². The summed E-state index contributed by atoms with van der Waals surface area (Å²) in [7, 11) is 3.43. The third-order valence-electron chi connectivity index (χ3n) is 5.24. The lowest BCUT2D eigenvalue weighted by atomic mass is 10.1. The largest absolute Gasteiger partial charge is 0.328 e. The van der Waals surface area contributed by atoms with Gasteiger partial charge in [-0.25, -0.2) is 4.79 Å². The van der Waals surface area contributed by atoms with Crippen LogP contribution in [0.15, 0.2) is 71.1 Å². The first-order valence-corrected chi connectivity index (χ1v) is 10.9. The Morgan fingerprint density at radius 1 is 1.06 bits per heavy atom. The molecule has 4 rings (SSSR count). The number of benzene rings is 2. The van der Waals surface area contributed by atoms with Crippen molar-refractivity contribution in [2.24, 2.45) is 14.1 Å². The number of carbonyl (C=O) groups is 1. The van der Waals surface area contributed by atoms with E-state index < -0.39 is 0 Å². The highest BCUT2D eigenvalue weighted by molar-refractivity contribution is 7.99. The van der Waals surface area contributed by atoms with Crippen molar-refractivity contribution in [1.82, 2.24) is 23.9 Å². The third-order valence-corrected chi connectivity index (χ3v) is 6.20.